The summed E-state index contributed by atoms with van der Waals surface area (Å²) in [4.78, 5) is 0. The first-order chi connectivity index (χ1) is 7.33. The molecule has 0 spiro atoms. The van der Waals surface area contributed by atoms with Crippen LogP contribution in [0.3, 0.4) is 0 Å². The molecule has 1 fully saturated rings. The molecule has 1 unspecified atom stereocenters. The van der Waals surface area contributed by atoms with Crippen LogP contribution in [0.1, 0.15) is 23.6 Å². The fourth-order valence-electron chi connectivity index (χ4n) is 2.45. The minimum Gasteiger partial charge on any atom is -0.314 e. The van der Waals surface area contributed by atoms with Crippen molar-refractivity contribution in [3.63, 3.8) is 0 Å². The van der Waals surface area contributed by atoms with Gasteiger partial charge in [0, 0.05) is 25.2 Å². The second kappa shape index (κ2) is 3.58. The molecule has 15 heavy (non-hydrogen) atoms. The summed E-state index contributed by atoms with van der Waals surface area (Å²) in [5.41, 5.74) is 2.48. The van der Waals surface area contributed by atoms with Crippen molar-refractivity contribution < 1.29 is 4.39 Å². The van der Waals surface area contributed by atoms with Crippen molar-refractivity contribution in [3.05, 3.63) is 35.1 Å². The van der Waals surface area contributed by atoms with E-state index in [2.05, 4.69) is 10.6 Å². The van der Waals surface area contributed by atoms with Crippen molar-refractivity contribution in [1.82, 2.24) is 10.6 Å². The van der Waals surface area contributed by atoms with Crippen LogP contribution in [0.15, 0.2) is 18.2 Å². The molecular formula is C12H15FN2. The zero-order valence-corrected chi connectivity index (χ0v) is 8.59. The summed E-state index contributed by atoms with van der Waals surface area (Å²) < 4.78 is 13.0. The van der Waals surface area contributed by atoms with Gasteiger partial charge in [-0.2, -0.15) is 0 Å². The van der Waals surface area contributed by atoms with Gasteiger partial charge in [-0.15, -0.1) is 0 Å². The molecule has 1 saturated heterocycles. The second-order valence-corrected chi connectivity index (χ2v) is 4.46. The van der Waals surface area contributed by atoms with E-state index in [1.807, 2.05) is 6.07 Å². The number of fused-ring (bicyclic) bond motifs is 1. The molecule has 1 aliphatic carbocycles. The Morgan fingerprint density at radius 2 is 2.20 bits per heavy atom. The maximum Gasteiger partial charge on any atom is 0.123 e. The average Bonchev–Trinajstić information content (AvgIpc) is 2.54. The number of hydrogen-bond donors (Lipinski definition) is 2. The first-order valence-electron chi connectivity index (χ1n) is 5.58. The van der Waals surface area contributed by atoms with Crippen molar-refractivity contribution in [2.24, 2.45) is 0 Å². The van der Waals surface area contributed by atoms with Gasteiger partial charge in [0.05, 0.1) is 0 Å². The van der Waals surface area contributed by atoms with Crippen LogP contribution < -0.4 is 10.6 Å². The van der Waals surface area contributed by atoms with Crippen LogP contribution in [0.2, 0.25) is 0 Å². The van der Waals surface area contributed by atoms with E-state index in [0.717, 1.165) is 25.9 Å². The third kappa shape index (κ3) is 1.66. The molecule has 0 saturated carbocycles. The first-order valence-corrected chi connectivity index (χ1v) is 5.58. The van der Waals surface area contributed by atoms with Gasteiger partial charge in [-0.05, 0) is 36.1 Å². The van der Waals surface area contributed by atoms with Crippen LogP contribution in [0, 0.1) is 5.82 Å². The molecule has 1 heterocycles. The third-order valence-corrected chi connectivity index (χ3v) is 3.40. The number of hydrogen-bond acceptors (Lipinski definition) is 2. The van der Waals surface area contributed by atoms with E-state index in [9.17, 15) is 4.39 Å². The quantitative estimate of drug-likeness (QED) is 0.763. The molecule has 3 heteroatoms. The topological polar surface area (TPSA) is 24.1 Å². The number of halogens is 1. The van der Waals surface area contributed by atoms with Gasteiger partial charge < -0.3 is 10.6 Å². The normalized spacial score (nSPS) is 25.0. The number of benzene rings is 1. The average molecular weight is 206 g/mol. The molecule has 1 aromatic rings. The predicted molar refractivity (Wildman–Crippen MR) is 57.3 cm³/mol. The van der Waals surface area contributed by atoms with Gasteiger partial charge in [0.25, 0.3) is 0 Å². The van der Waals surface area contributed by atoms with Crippen molar-refractivity contribution in [2.45, 2.75) is 24.9 Å². The van der Waals surface area contributed by atoms with Crippen LogP contribution in [0.5, 0.6) is 0 Å². The fourth-order valence-corrected chi connectivity index (χ4v) is 2.45. The van der Waals surface area contributed by atoms with Gasteiger partial charge in [-0.25, -0.2) is 4.39 Å². The lowest BCUT2D eigenvalue weighted by Gasteiger charge is -2.31. The maximum atomic E-state index is 13.0. The minimum atomic E-state index is -0.111. The van der Waals surface area contributed by atoms with Gasteiger partial charge in [-0.3, -0.25) is 0 Å². The Morgan fingerprint density at radius 1 is 1.33 bits per heavy atom. The summed E-state index contributed by atoms with van der Waals surface area (Å²) in [6.07, 6.45) is 2.11. The van der Waals surface area contributed by atoms with Gasteiger partial charge in [0.1, 0.15) is 5.82 Å². The van der Waals surface area contributed by atoms with Crippen LogP contribution in [0.4, 0.5) is 4.39 Å². The lowest BCUT2D eigenvalue weighted by atomic mass is 10.1. The van der Waals surface area contributed by atoms with E-state index in [0.29, 0.717) is 12.1 Å². The van der Waals surface area contributed by atoms with Crippen molar-refractivity contribution in [3.8, 4) is 0 Å². The van der Waals surface area contributed by atoms with E-state index in [1.54, 1.807) is 12.1 Å². The summed E-state index contributed by atoms with van der Waals surface area (Å²) in [7, 11) is 0. The van der Waals surface area contributed by atoms with Gasteiger partial charge in [0.2, 0.25) is 0 Å². The molecule has 2 aliphatic rings. The molecule has 0 amide bonds. The van der Waals surface area contributed by atoms with E-state index >= 15 is 0 Å². The summed E-state index contributed by atoms with van der Waals surface area (Å²) in [6.45, 7) is 2.13. The lowest BCUT2D eigenvalue weighted by Crippen LogP contribution is -2.55. The fraction of sp³-hybridized carbons (Fsp3) is 0.500. The highest BCUT2D eigenvalue weighted by molar-refractivity contribution is 5.35. The molecule has 1 aromatic carbocycles. The van der Waals surface area contributed by atoms with Gasteiger partial charge in [-0.1, -0.05) is 6.07 Å². The Kier molecular flexibility index (Phi) is 2.22. The van der Waals surface area contributed by atoms with Gasteiger partial charge >= 0.3 is 0 Å². The first kappa shape index (κ1) is 9.31. The van der Waals surface area contributed by atoms with Gasteiger partial charge in [0.15, 0.2) is 0 Å². The molecule has 0 aromatic heterocycles. The Hall–Kier alpha value is -0.930. The van der Waals surface area contributed by atoms with E-state index < -0.39 is 0 Å². The van der Waals surface area contributed by atoms with Crippen LogP contribution in [-0.4, -0.2) is 19.1 Å². The number of aryl methyl sites for hydroxylation is 1. The number of rotatable bonds is 2. The molecule has 3 rings (SSSR count). The summed E-state index contributed by atoms with van der Waals surface area (Å²) in [5.74, 6) is -0.111. The number of nitrogens with one attached hydrogen (secondary N) is 2. The highest BCUT2D eigenvalue weighted by atomic mass is 19.1. The summed E-state index contributed by atoms with van der Waals surface area (Å²) >= 11 is 0. The molecule has 2 N–H and O–H groups in total. The van der Waals surface area contributed by atoms with Crippen molar-refractivity contribution >= 4 is 0 Å². The van der Waals surface area contributed by atoms with Crippen molar-refractivity contribution in [2.75, 3.05) is 13.1 Å². The standard InChI is InChI=1S/C12H15FN2/c13-9-2-3-11-8(5-9)1-4-12(11)15-10-6-14-7-10/h2-3,5,10,12,14-15H,1,4,6-7H2. The zero-order valence-electron chi connectivity index (χ0n) is 8.59. The molecule has 0 bridgehead atoms. The van der Waals surface area contributed by atoms with Crippen LogP contribution >= 0.6 is 0 Å². The lowest BCUT2D eigenvalue weighted by molar-refractivity contribution is 0.328. The van der Waals surface area contributed by atoms with E-state index in [1.165, 1.54) is 11.1 Å². The molecule has 1 atom stereocenters. The molecular weight excluding hydrogens is 191 g/mol. The molecule has 80 valence electrons. The Labute approximate surface area is 88.9 Å². The summed E-state index contributed by atoms with van der Waals surface area (Å²) in [6, 6.07) is 6.22. The van der Waals surface area contributed by atoms with Crippen LogP contribution in [0.25, 0.3) is 0 Å². The Bertz CT molecular complexity index is 374. The molecule has 2 nitrogen and oxygen atoms in total. The highest BCUT2D eigenvalue weighted by Crippen LogP contribution is 2.31. The maximum absolute atomic E-state index is 13.0. The second-order valence-electron chi connectivity index (χ2n) is 4.46. The molecule has 1 aliphatic heterocycles. The van der Waals surface area contributed by atoms with Crippen LogP contribution in [-0.2, 0) is 6.42 Å². The highest BCUT2D eigenvalue weighted by Gasteiger charge is 2.26. The Morgan fingerprint density at radius 3 is 2.93 bits per heavy atom. The SMILES string of the molecule is Fc1ccc2c(c1)CCC2NC1CNC1. The third-order valence-electron chi connectivity index (χ3n) is 3.40. The zero-order chi connectivity index (χ0) is 10.3. The monoisotopic (exact) mass is 206 g/mol. The van der Waals surface area contributed by atoms with E-state index in [-0.39, 0.29) is 5.82 Å². The van der Waals surface area contributed by atoms with E-state index in [4.69, 9.17) is 0 Å². The summed E-state index contributed by atoms with van der Waals surface area (Å²) in [5, 5.41) is 6.85. The molecule has 0 radical (unpaired) electrons. The van der Waals surface area contributed by atoms with Crippen molar-refractivity contribution in [1.29, 1.82) is 0 Å². The smallest absolute Gasteiger partial charge is 0.123 e. The largest absolute Gasteiger partial charge is 0.314 e. The predicted octanol–water partition coefficient (Wildman–Crippen LogP) is 1.37. The Balaban J connectivity index is 1.78. The minimum absolute atomic E-state index is 0.111.